The van der Waals surface area contributed by atoms with Gasteiger partial charge >= 0.3 is 0 Å². The zero-order valence-electron chi connectivity index (χ0n) is 6.61. The topological polar surface area (TPSA) is 62.1 Å². The first-order valence-corrected chi connectivity index (χ1v) is 3.76. The summed E-state index contributed by atoms with van der Waals surface area (Å²) in [5.41, 5.74) is 2.43. The van der Waals surface area contributed by atoms with Crippen LogP contribution in [0.1, 0.15) is 6.92 Å². The Morgan fingerprint density at radius 1 is 1.20 bits per heavy atom. The first-order chi connectivity index (χ1) is 4.91. The molecule has 0 spiro atoms. The molecule has 5 N–H and O–H groups in total. The SMILES string of the molecule is C1CNCCN1.CCNN. The van der Waals surface area contributed by atoms with Gasteiger partial charge in [0.2, 0.25) is 0 Å². The van der Waals surface area contributed by atoms with Gasteiger partial charge in [0.15, 0.2) is 0 Å². The third kappa shape index (κ3) is 7.84. The third-order valence-electron chi connectivity index (χ3n) is 1.16. The van der Waals surface area contributed by atoms with E-state index in [4.69, 9.17) is 5.84 Å². The molecule has 1 saturated heterocycles. The Labute approximate surface area is 62.5 Å². The van der Waals surface area contributed by atoms with E-state index in [1.165, 1.54) is 0 Å². The van der Waals surface area contributed by atoms with Crippen molar-refractivity contribution in [1.82, 2.24) is 16.1 Å². The van der Waals surface area contributed by atoms with Crippen LogP contribution in [0.3, 0.4) is 0 Å². The zero-order valence-corrected chi connectivity index (χ0v) is 6.61. The lowest BCUT2D eigenvalue weighted by Crippen LogP contribution is -2.39. The number of hydrogen-bond donors (Lipinski definition) is 4. The molecule has 1 heterocycles. The summed E-state index contributed by atoms with van der Waals surface area (Å²) in [4.78, 5) is 0. The fraction of sp³-hybridized carbons (Fsp3) is 1.00. The van der Waals surface area contributed by atoms with Gasteiger partial charge in [0.1, 0.15) is 0 Å². The van der Waals surface area contributed by atoms with Gasteiger partial charge < -0.3 is 10.6 Å². The monoisotopic (exact) mass is 146 g/mol. The lowest BCUT2D eigenvalue weighted by molar-refractivity contribution is 0.534. The highest BCUT2D eigenvalue weighted by atomic mass is 15.2. The van der Waals surface area contributed by atoms with Gasteiger partial charge in [0.25, 0.3) is 0 Å². The van der Waals surface area contributed by atoms with Crippen molar-refractivity contribution >= 4 is 0 Å². The zero-order chi connectivity index (χ0) is 7.66. The maximum atomic E-state index is 4.78. The van der Waals surface area contributed by atoms with Crippen molar-refractivity contribution in [2.24, 2.45) is 5.84 Å². The summed E-state index contributed by atoms with van der Waals surface area (Å²) in [6, 6.07) is 0. The highest BCUT2D eigenvalue weighted by molar-refractivity contribution is 4.59. The average Bonchev–Trinajstić information content (AvgIpc) is 2.08. The Morgan fingerprint density at radius 3 is 1.60 bits per heavy atom. The van der Waals surface area contributed by atoms with E-state index in [1.807, 2.05) is 6.92 Å². The van der Waals surface area contributed by atoms with E-state index in [9.17, 15) is 0 Å². The van der Waals surface area contributed by atoms with Crippen LogP contribution in [-0.4, -0.2) is 32.7 Å². The van der Waals surface area contributed by atoms with Gasteiger partial charge in [0.05, 0.1) is 0 Å². The molecule has 0 saturated carbocycles. The summed E-state index contributed by atoms with van der Waals surface area (Å²) < 4.78 is 0. The highest BCUT2D eigenvalue weighted by Gasteiger charge is 1.91. The molecule has 0 amide bonds. The minimum Gasteiger partial charge on any atom is -0.314 e. The van der Waals surface area contributed by atoms with Gasteiger partial charge in [-0.25, -0.2) is 0 Å². The molecule has 1 aliphatic rings. The quantitative estimate of drug-likeness (QED) is 0.273. The average molecular weight is 146 g/mol. The van der Waals surface area contributed by atoms with Crippen LogP contribution in [0.2, 0.25) is 0 Å². The molecule has 1 rings (SSSR count). The van der Waals surface area contributed by atoms with Crippen molar-refractivity contribution in [1.29, 1.82) is 0 Å². The molecule has 0 unspecified atom stereocenters. The van der Waals surface area contributed by atoms with E-state index in [0.717, 1.165) is 32.7 Å². The van der Waals surface area contributed by atoms with E-state index < -0.39 is 0 Å². The van der Waals surface area contributed by atoms with Crippen LogP contribution in [-0.2, 0) is 0 Å². The van der Waals surface area contributed by atoms with Gasteiger partial charge in [-0.1, -0.05) is 6.92 Å². The summed E-state index contributed by atoms with van der Waals surface area (Å²) in [6.07, 6.45) is 0. The predicted octanol–water partition coefficient (Wildman–Crippen LogP) is -1.35. The molecule has 0 aromatic rings. The van der Waals surface area contributed by atoms with E-state index in [1.54, 1.807) is 0 Å². The molecule has 10 heavy (non-hydrogen) atoms. The standard InChI is InChI=1S/C4H10N2.C2H8N2/c1-2-6-4-3-5-1;1-2-4-3/h5-6H,1-4H2;4H,2-3H2,1H3. The first kappa shape index (κ1) is 9.84. The smallest absolute Gasteiger partial charge is 0.00772 e. The number of hydrogen-bond acceptors (Lipinski definition) is 4. The molecule has 1 aliphatic heterocycles. The molecule has 4 heteroatoms. The van der Waals surface area contributed by atoms with Crippen LogP contribution in [0, 0.1) is 0 Å². The minimum absolute atomic E-state index is 0.847. The maximum Gasteiger partial charge on any atom is 0.00772 e. The van der Waals surface area contributed by atoms with E-state index in [-0.39, 0.29) is 0 Å². The second-order valence-electron chi connectivity index (χ2n) is 2.06. The fourth-order valence-electron chi connectivity index (χ4n) is 0.604. The molecular formula is C6H18N4. The molecule has 4 nitrogen and oxygen atoms in total. The highest BCUT2D eigenvalue weighted by Crippen LogP contribution is 1.65. The number of hydrazine groups is 1. The summed E-state index contributed by atoms with van der Waals surface area (Å²) in [7, 11) is 0. The minimum atomic E-state index is 0.847. The van der Waals surface area contributed by atoms with E-state index >= 15 is 0 Å². The Balaban J connectivity index is 0.000000180. The molecule has 1 fully saturated rings. The van der Waals surface area contributed by atoms with Crippen molar-refractivity contribution in [3.8, 4) is 0 Å². The van der Waals surface area contributed by atoms with E-state index in [0.29, 0.717) is 0 Å². The summed E-state index contributed by atoms with van der Waals surface area (Å²) >= 11 is 0. The Bertz CT molecular complexity index is 40.2. The van der Waals surface area contributed by atoms with Crippen LogP contribution in [0.25, 0.3) is 0 Å². The van der Waals surface area contributed by atoms with Crippen LogP contribution < -0.4 is 21.9 Å². The molecule has 0 atom stereocenters. The fourth-order valence-corrected chi connectivity index (χ4v) is 0.604. The molecule has 0 radical (unpaired) electrons. The maximum absolute atomic E-state index is 4.78. The molecule has 0 bridgehead atoms. The largest absolute Gasteiger partial charge is 0.314 e. The predicted molar refractivity (Wildman–Crippen MR) is 43.6 cm³/mol. The molecule has 0 aliphatic carbocycles. The van der Waals surface area contributed by atoms with Gasteiger partial charge in [-0.15, -0.1) is 0 Å². The summed E-state index contributed by atoms with van der Waals surface area (Å²) in [6.45, 7) is 7.35. The van der Waals surface area contributed by atoms with Gasteiger partial charge in [-0.05, 0) is 0 Å². The number of nitrogens with two attached hydrogens (primary N) is 1. The lowest BCUT2D eigenvalue weighted by atomic mass is 10.4. The molecular weight excluding hydrogens is 128 g/mol. The van der Waals surface area contributed by atoms with Crippen molar-refractivity contribution in [2.45, 2.75) is 6.92 Å². The Kier molecular flexibility index (Phi) is 8.70. The van der Waals surface area contributed by atoms with Gasteiger partial charge in [0, 0.05) is 32.7 Å². The second-order valence-corrected chi connectivity index (χ2v) is 2.06. The Hall–Kier alpha value is -0.160. The molecule has 62 valence electrons. The Morgan fingerprint density at radius 2 is 1.50 bits per heavy atom. The van der Waals surface area contributed by atoms with Crippen molar-refractivity contribution < 1.29 is 0 Å². The van der Waals surface area contributed by atoms with Gasteiger partial charge in [-0.3, -0.25) is 11.3 Å². The van der Waals surface area contributed by atoms with Crippen LogP contribution in [0.5, 0.6) is 0 Å². The van der Waals surface area contributed by atoms with Crippen LogP contribution in [0.4, 0.5) is 0 Å². The third-order valence-corrected chi connectivity index (χ3v) is 1.16. The number of piperazine rings is 1. The van der Waals surface area contributed by atoms with Crippen molar-refractivity contribution in [3.05, 3.63) is 0 Å². The van der Waals surface area contributed by atoms with E-state index in [2.05, 4.69) is 16.1 Å². The van der Waals surface area contributed by atoms with Crippen molar-refractivity contribution in [2.75, 3.05) is 32.7 Å². The van der Waals surface area contributed by atoms with Crippen molar-refractivity contribution in [3.63, 3.8) is 0 Å². The number of rotatable bonds is 1. The number of nitrogens with one attached hydrogen (secondary N) is 3. The normalized spacial score (nSPS) is 17.4. The summed E-state index contributed by atoms with van der Waals surface area (Å²) in [5.74, 6) is 4.78. The first-order valence-electron chi connectivity index (χ1n) is 3.76. The summed E-state index contributed by atoms with van der Waals surface area (Å²) in [5, 5.41) is 6.44. The van der Waals surface area contributed by atoms with Crippen LogP contribution >= 0.6 is 0 Å². The molecule has 0 aromatic carbocycles. The van der Waals surface area contributed by atoms with Gasteiger partial charge in [-0.2, -0.15) is 0 Å². The molecule has 0 aromatic heterocycles. The second kappa shape index (κ2) is 8.84. The van der Waals surface area contributed by atoms with Crippen LogP contribution in [0.15, 0.2) is 0 Å². The lowest BCUT2D eigenvalue weighted by Gasteiger charge is -2.11.